The third kappa shape index (κ3) is 7.12. The second-order valence-electron chi connectivity index (χ2n) is 10.6. The molecule has 38 heavy (non-hydrogen) atoms. The second-order valence-corrected chi connectivity index (χ2v) is 10.6. The Balaban J connectivity index is 1.88. The quantitative estimate of drug-likeness (QED) is 0.368. The molecule has 0 aromatic heterocycles. The molecule has 9 heteroatoms. The fourth-order valence-corrected chi connectivity index (χ4v) is 4.91. The standard InChI is InChI=1S/C29H38N4O5/c1-5-6-17-23(25(34)26(35)30-20(2)21-13-9-7-10-14-21)33(28(37)38)24-18-29(3,4)19-32(24)27(36)31-22-15-11-8-12-16-22/h7-16,20,23-24H,5-6,17-19H2,1-4H3,(H,30,35)(H,31,36)(H,37,38)/t20?,23-,24?/m0/s1. The number of likely N-dealkylation sites (tertiary alicyclic amines) is 1. The molecule has 204 valence electrons. The number of hydrogen-bond donors (Lipinski definition) is 3. The average Bonchev–Trinajstić information content (AvgIpc) is 3.21. The minimum Gasteiger partial charge on any atom is -0.465 e. The van der Waals surface area contributed by atoms with E-state index < -0.39 is 47.5 Å². The summed E-state index contributed by atoms with van der Waals surface area (Å²) >= 11 is 0. The van der Waals surface area contributed by atoms with Crippen LogP contribution in [0.2, 0.25) is 0 Å². The normalized spacial score (nSPS) is 17.8. The molecule has 2 aromatic carbocycles. The number of carboxylic acid groups (broad SMARTS) is 1. The monoisotopic (exact) mass is 522 g/mol. The van der Waals surface area contributed by atoms with E-state index in [0.29, 0.717) is 31.5 Å². The van der Waals surface area contributed by atoms with Crippen molar-refractivity contribution in [1.82, 2.24) is 15.1 Å². The molecule has 1 aliphatic heterocycles. The van der Waals surface area contributed by atoms with Crippen LogP contribution < -0.4 is 10.6 Å². The number of benzene rings is 2. The zero-order valence-electron chi connectivity index (χ0n) is 22.5. The molecule has 2 aromatic rings. The molecule has 4 amide bonds. The van der Waals surface area contributed by atoms with Crippen LogP contribution in [0.25, 0.3) is 0 Å². The Kier molecular flexibility index (Phi) is 9.50. The summed E-state index contributed by atoms with van der Waals surface area (Å²) in [5.41, 5.74) is 1.01. The fourth-order valence-electron chi connectivity index (χ4n) is 4.91. The summed E-state index contributed by atoms with van der Waals surface area (Å²) in [4.78, 5) is 55.1. The minimum absolute atomic E-state index is 0.180. The number of nitrogens with zero attached hydrogens (tertiary/aromatic N) is 2. The van der Waals surface area contributed by atoms with Gasteiger partial charge in [-0.25, -0.2) is 9.59 Å². The lowest BCUT2D eigenvalue weighted by Gasteiger charge is -2.37. The SMILES string of the molecule is CCCC[C@@H](C(=O)C(=O)NC(C)c1ccccc1)N(C(=O)O)C1CC(C)(C)CN1C(=O)Nc1ccccc1. The van der Waals surface area contributed by atoms with Gasteiger partial charge in [-0.05, 0) is 42.9 Å². The molecule has 0 bridgehead atoms. The molecule has 1 aliphatic rings. The number of ketones is 1. The Bertz CT molecular complexity index is 1120. The topological polar surface area (TPSA) is 119 Å². The highest BCUT2D eigenvalue weighted by Gasteiger charge is 2.48. The first kappa shape index (κ1) is 28.7. The van der Waals surface area contributed by atoms with Gasteiger partial charge in [-0.3, -0.25) is 14.5 Å². The van der Waals surface area contributed by atoms with E-state index in [1.807, 2.05) is 57.2 Å². The lowest BCUT2D eigenvalue weighted by atomic mass is 9.91. The number of Topliss-reactive ketones (excluding diaryl/α,β-unsaturated/α-hetero) is 1. The molecular formula is C29H38N4O5. The number of unbranched alkanes of at least 4 members (excludes halogenated alkanes) is 1. The maximum atomic E-state index is 13.5. The van der Waals surface area contributed by atoms with Crippen molar-refractivity contribution in [3.05, 3.63) is 66.2 Å². The van der Waals surface area contributed by atoms with Crippen molar-refractivity contribution in [3.63, 3.8) is 0 Å². The van der Waals surface area contributed by atoms with Gasteiger partial charge >= 0.3 is 12.1 Å². The fraction of sp³-hybridized carbons (Fsp3) is 0.448. The Hall–Kier alpha value is -3.88. The number of carbonyl (C=O) groups is 4. The van der Waals surface area contributed by atoms with Gasteiger partial charge in [0, 0.05) is 12.2 Å². The van der Waals surface area contributed by atoms with Gasteiger partial charge in [0.2, 0.25) is 5.78 Å². The first-order chi connectivity index (χ1) is 18.0. The summed E-state index contributed by atoms with van der Waals surface area (Å²) in [6, 6.07) is 16.0. The van der Waals surface area contributed by atoms with Gasteiger partial charge in [0.05, 0.1) is 6.04 Å². The van der Waals surface area contributed by atoms with Crippen molar-refractivity contribution in [1.29, 1.82) is 0 Å². The predicted octanol–water partition coefficient (Wildman–Crippen LogP) is 5.26. The van der Waals surface area contributed by atoms with Crippen LogP contribution in [0.15, 0.2) is 60.7 Å². The third-order valence-corrected chi connectivity index (χ3v) is 6.86. The van der Waals surface area contributed by atoms with Gasteiger partial charge in [0.25, 0.3) is 5.91 Å². The van der Waals surface area contributed by atoms with E-state index in [9.17, 15) is 24.3 Å². The molecule has 0 saturated carbocycles. The van der Waals surface area contributed by atoms with Crippen LogP contribution in [-0.4, -0.2) is 57.5 Å². The zero-order chi connectivity index (χ0) is 27.9. The Morgan fingerprint density at radius 3 is 2.24 bits per heavy atom. The Labute approximate surface area is 224 Å². The van der Waals surface area contributed by atoms with Crippen molar-refractivity contribution >= 4 is 29.5 Å². The molecule has 0 radical (unpaired) electrons. The van der Waals surface area contributed by atoms with E-state index in [4.69, 9.17) is 0 Å². The largest absolute Gasteiger partial charge is 0.465 e. The Morgan fingerprint density at radius 1 is 1.05 bits per heavy atom. The molecule has 2 unspecified atom stereocenters. The van der Waals surface area contributed by atoms with Gasteiger partial charge in [-0.1, -0.05) is 82.1 Å². The number of anilines is 1. The van der Waals surface area contributed by atoms with Gasteiger partial charge in [0.15, 0.2) is 0 Å². The molecule has 1 heterocycles. The van der Waals surface area contributed by atoms with Crippen LogP contribution in [0.4, 0.5) is 15.3 Å². The van der Waals surface area contributed by atoms with Gasteiger partial charge < -0.3 is 20.6 Å². The molecule has 1 fully saturated rings. The number of carbonyl (C=O) groups excluding carboxylic acids is 3. The highest BCUT2D eigenvalue weighted by molar-refractivity contribution is 6.38. The maximum Gasteiger partial charge on any atom is 0.409 e. The molecular weight excluding hydrogens is 484 g/mol. The number of hydrogen-bond acceptors (Lipinski definition) is 4. The van der Waals surface area contributed by atoms with Crippen LogP contribution in [0.1, 0.15) is 65.0 Å². The van der Waals surface area contributed by atoms with Crippen LogP contribution in [0.5, 0.6) is 0 Å². The number of nitrogens with one attached hydrogen (secondary N) is 2. The van der Waals surface area contributed by atoms with Crippen LogP contribution in [0, 0.1) is 5.41 Å². The second kappa shape index (κ2) is 12.6. The smallest absolute Gasteiger partial charge is 0.409 e. The molecule has 0 spiro atoms. The average molecular weight is 523 g/mol. The number of rotatable bonds is 10. The first-order valence-electron chi connectivity index (χ1n) is 13.1. The molecule has 0 aliphatic carbocycles. The summed E-state index contributed by atoms with van der Waals surface area (Å²) in [7, 11) is 0. The van der Waals surface area contributed by atoms with Crippen molar-refractivity contribution < 1.29 is 24.3 Å². The van der Waals surface area contributed by atoms with Gasteiger partial charge in [-0.15, -0.1) is 0 Å². The summed E-state index contributed by atoms with van der Waals surface area (Å²) < 4.78 is 0. The number of para-hydroxylation sites is 1. The molecule has 3 rings (SSSR count). The van der Waals surface area contributed by atoms with E-state index >= 15 is 0 Å². The van der Waals surface area contributed by atoms with Crippen LogP contribution >= 0.6 is 0 Å². The number of urea groups is 1. The highest BCUT2D eigenvalue weighted by atomic mass is 16.4. The summed E-state index contributed by atoms with van der Waals surface area (Å²) in [5, 5.41) is 15.9. The summed E-state index contributed by atoms with van der Waals surface area (Å²) in [6.07, 6.45) is -0.471. The van der Waals surface area contributed by atoms with E-state index in [0.717, 1.165) is 10.5 Å². The predicted molar refractivity (Wildman–Crippen MR) is 146 cm³/mol. The van der Waals surface area contributed by atoms with E-state index in [-0.39, 0.29) is 6.42 Å². The third-order valence-electron chi connectivity index (χ3n) is 6.86. The number of amides is 4. The molecule has 3 atom stereocenters. The summed E-state index contributed by atoms with van der Waals surface area (Å²) in [6.45, 7) is 7.90. The van der Waals surface area contributed by atoms with Gasteiger partial charge in [0.1, 0.15) is 12.2 Å². The lowest BCUT2D eigenvalue weighted by Crippen LogP contribution is -2.58. The highest BCUT2D eigenvalue weighted by Crippen LogP contribution is 2.37. The van der Waals surface area contributed by atoms with E-state index in [1.165, 1.54) is 4.90 Å². The van der Waals surface area contributed by atoms with Crippen LogP contribution in [0.3, 0.4) is 0 Å². The Morgan fingerprint density at radius 2 is 1.66 bits per heavy atom. The van der Waals surface area contributed by atoms with Crippen LogP contribution in [-0.2, 0) is 9.59 Å². The molecule has 3 N–H and O–H groups in total. The van der Waals surface area contributed by atoms with E-state index in [1.54, 1.807) is 31.2 Å². The van der Waals surface area contributed by atoms with Crippen molar-refractivity contribution in [2.45, 2.75) is 71.6 Å². The first-order valence-corrected chi connectivity index (χ1v) is 13.1. The summed E-state index contributed by atoms with van der Waals surface area (Å²) in [5.74, 6) is -1.66. The van der Waals surface area contributed by atoms with Crippen molar-refractivity contribution in [3.8, 4) is 0 Å². The van der Waals surface area contributed by atoms with Crippen molar-refractivity contribution in [2.24, 2.45) is 5.41 Å². The van der Waals surface area contributed by atoms with Crippen molar-refractivity contribution in [2.75, 3.05) is 11.9 Å². The minimum atomic E-state index is -1.34. The van der Waals surface area contributed by atoms with E-state index in [2.05, 4.69) is 10.6 Å². The zero-order valence-corrected chi connectivity index (χ0v) is 22.5. The lowest BCUT2D eigenvalue weighted by molar-refractivity contribution is -0.142. The maximum absolute atomic E-state index is 13.5. The molecule has 9 nitrogen and oxygen atoms in total. The van der Waals surface area contributed by atoms with Gasteiger partial charge in [-0.2, -0.15) is 0 Å². The molecule has 1 saturated heterocycles.